The highest BCUT2D eigenvalue weighted by Gasteiger charge is 2.24. The Bertz CT molecular complexity index is 775. The topological polar surface area (TPSA) is 93.3 Å². The van der Waals surface area contributed by atoms with Crippen molar-refractivity contribution in [3.05, 3.63) is 28.9 Å². The Labute approximate surface area is 147 Å². The summed E-state index contributed by atoms with van der Waals surface area (Å²) in [4.78, 5) is 26.1. The second-order valence-corrected chi connectivity index (χ2v) is 6.40. The summed E-state index contributed by atoms with van der Waals surface area (Å²) in [6.45, 7) is 8.00. The van der Waals surface area contributed by atoms with Crippen molar-refractivity contribution in [3.8, 4) is 0 Å². The molecule has 0 atom stereocenters. The van der Waals surface area contributed by atoms with Gasteiger partial charge in [-0.05, 0) is 19.3 Å². The predicted molar refractivity (Wildman–Crippen MR) is 93.0 cm³/mol. The Kier molecular flexibility index (Phi) is 5.61. The van der Waals surface area contributed by atoms with Crippen LogP contribution in [0.3, 0.4) is 0 Å². The molecule has 136 valence electrons. The summed E-state index contributed by atoms with van der Waals surface area (Å²) < 4.78 is 6.79. The van der Waals surface area contributed by atoms with Gasteiger partial charge in [0.25, 0.3) is 0 Å². The summed E-state index contributed by atoms with van der Waals surface area (Å²) in [5.74, 6) is -0.616. The van der Waals surface area contributed by atoms with Crippen molar-refractivity contribution < 1.29 is 14.1 Å². The first kappa shape index (κ1) is 18.7. The summed E-state index contributed by atoms with van der Waals surface area (Å²) in [5, 5.41) is 10.9. The van der Waals surface area contributed by atoms with E-state index < -0.39 is 11.8 Å². The fourth-order valence-electron chi connectivity index (χ4n) is 2.65. The lowest BCUT2D eigenvalue weighted by Crippen LogP contribution is -2.37. The summed E-state index contributed by atoms with van der Waals surface area (Å²) in [5.41, 5.74) is 2.94. The molecule has 0 unspecified atom stereocenters. The van der Waals surface area contributed by atoms with Crippen LogP contribution in [0.2, 0.25) is 0 Å². The van der Waals surface area contributed by atoms with Gasteiger partial charge in [0.2, 0.25) is 0 Å². The summed E-state index contributed by atoms with van der Waals surface area (Å²) in [6.07, 6.45) is 2.47. The minimum absolute atomic E-state index is 0.236. The molecule has 0 spiro atoms. The zero-order chi connectivity index (χ0) is 18.7. The lowest BCUT2D eigenvalue weighted by molar-refractivity contribution is -0.142. The molecule has 0 saturated carbocycles. The molecule has 2 rings (SSSR count). The molecule has 0 aliphatic carbocycles. The average molecular weight is 347 g/mol. The zero-order valence-corrected chi connectivity index (χ0v) is 15.6. The molecule has 0 aliphatic rings. The largest absolute Gasteiger partial charge is 0.359 e. The smallest absolute Gasteiger partial charge is 0.314 e. The van der Waals surface area contributed by atoms with Crippen molar-refractivity contribution in [3.63, 3.8) is 0 Å². The lowest BCUT2D eigenvalue weighted by Gasteiger charge is -2.17. The molecular formula is C17H25N5O3. The Morgan fingerprint density at radius 2 is 2.08 bits per heavy atom. The fourth-order valence-corrected chi connectivity index (χ4v) is 2.65. The molecular weight excluding hydrogens is 322 g/mol. The maximum absolute atomic E-state index is 12.4. The third kappa shape index (κ3) is 4.07. The van der Waals surface area contributed by atoms with Crippen LogP contribution in [0, 0.1) is 6.92 Å². The van der Waals surface area contributed by atoms with Gasteiger partial charge >= 0.3 is 11.8 Å². The van der Waals surface area contributed by atoms with Crippen molar-refractivity contribution in [1.29, 1.82) is 0 Å². The first-order chi connectivity index (χ1) is 11.7. The Hall–Kier alpha value is -2.64. The molecule has 0 radical (unpaired) electrons. The number of hydrogen-bond acceptors (Lipinski definition) is 5. The Morgan fingerprint density at radius 3 is 2.68 bits per heavy atom. The molecule has 2 amide bonds. The van der Waals surface area contributed by atoms with Crippen molar-refractivity contribution in [2.24, 2.45) is 7.05 Å². The van der Waals surface area contributed by atoms with E-state index in [1.807, 2.05) is 34.0 Å². The van der Waals surface area contributed by atoms with E-state index in [1.54, 1.807) is 18.7 Å². The van der Waals surface area contributed by atoms with Crippen LogP contribution in [0.5, 0.6) is 0 Å². The minimum Gasteiger partial charge on any atom is -0.359 e. The van der Waals surface area contributed by atoms with Crippen LogP contribution < -0.4 is 5.32 Å². The van der Waals surface area contributed by atoms with Gasteiger partial charge in [-0.1, -0.05) is 25.9 Å². The molecule has 0 aliphatic heterocycles. The number of carbonyl (C=O) groups excluding carboxylic acids is 2. The first-order valence-corrected chi connectivity index (χ1v) is 8.28. The zero-order valence-electron chi connectivity index (χ0n) is 15.6. The highest BCUT2D eigenvalue weighted by molar-refractivity contribution is 6.39. The van der Waals surface area contributed by atoms with Crippen molar-refractivity contribution >= 4 is 17.5 Å². The quantitative estimate of drug-likeness (QED) is 0.835. The van der Waals surface area contributed by atoms with E-state index in [1.165, 1.54) is 4.90 Å². The van der Waals surface area contributed by atoms with E-state index in [0.717, 1.165) is 11.3 Å². The van der Waals surface area contributed by atoms with Gasteiger partial charge in [0, 0.05) is 32.4 Å². The predicted octanol–water partition coefficient (Wildman–Crippen LogP) is 2.00. The summed E-state index contributed by atoms with van der Waals surface area (Å²) >= 11 is 0. The molecule has 2 heterocycles. The van der Waals surface area contributed by atoms with Crippen LogP contribution in [-0.4, -0.2) is 38.7 Å². The molecule has 1 N–H and O–H groups in total. The van der Waals surface area contributed by atoms with E-state index in [4.69, 9.17) is 4.52 Å². The third-order valence-electron chi connectivity index (χ3n) is 3.94. The molecule has 8 nitrogen and oxygen atoms in total. The monoisotopic (exact) mass is 347 g/mol. The van der Waals surface area contributed by atoms with Crippen LogP contribution in [0.25, 0.3) is 0 Å². The first-order valence-electron chi connectivity index (χ1n) is 8.28. The maximum Gasteiger partial charge on any atom is 0.314 e. The van der Waals surface area contributed by atoms with Gasteiger partial charge in [-0.15, -0.1) is 0 Å². The van der Waals surface area contributed by atoms with Crippen LogP contribution in [0.15, 0.2) is 10.7 Å². The van der Waals surface area contributed by atoms with Gasteiger partial charge in [0.05, 0.1) is 5.69 Å². The third-order valence-corrected chi connectivity index (χ3v) is 3.94. The average Bonchev–Trinajstić information content (AvgIpc) is 3.09. The van der Waals surface area contributed by atoms with E-state index in [9.17, 15) is 9.59 Å². The number of amides is 2. The summed E-state index contributed by atoms with van der Waals surface area (Å²) in [6, 6.07) is 0. The van der Waals surface area contributed by atoms with Gasteiger partial charge in [-0.25, -0.2) is 0 Å². The number of rotatable bonds is 5. The number of carbonyl (C=O) groups is 2. The van der Waals surface area contributed by atoms with Gasteiger partial charge in [0.1, 0.15) is 11.4 Å². The second kappa shape index (κ2) is 7.50. The fraction of sp³-hybridized carbons (Fsp3) is 0.529. The number of anilines is 1. The van der Waals surface area contributed by atoms with Crippen LogP contribution in [-0.2, 0) is 29.6 Å². The molecule has 25 heavy (non-hydrogen) atoms. The Morgan fingerprint density at radius 1 is 1.40 bits per heavy atom. The van der Waals surface area contributed by atoms with E-state index in [0.29, 0.717) is 30.1 Å². The SMILES string of the molecule is CCc1noc(C)c1NC(=O)C(=O)N(C)Cc1cn(C)nc1C(C)C. The molecule has 0 bridgehead atoms. The lowest BCUT2D eigenvalue weighted by atomic mass is 10.1. The highest BCUT2D eigenvalue weighted by atomic mass is 16.5. The van der Waals surface area contributed by atoms with E-state index in [-0.39, 0.29) is 5.92 Å². The molecule has 2 aromatic rings. The number of nitrogens with one attached hydrogen (secondary N) is 1. The number of likely N-dealkylation sites (N-methyl/N-ethyl adjacent to an activating group) is 1. The Balaban J connectivity index is 2.09. The molecule has 0 saturated heterocycles. The van der Waals surface area contributed by atoms with Gasteiger partial charge < -0.3 is 14.7 Å². The molecule has 2 aromatic heterocycles. The van der Waals surface area contributed by atoms with Crippen LogP contribution in [0.1, 0.15) is 49.4 Å². The highest BCUT2D eigenvalue weighted by Crippen LogP contribution is 2.21. The number of hydrogen-bond donors (Lipinski definition) is 1. The minimum atomic E-state index is -0.710. The maximum atomic E-state index is 12.4. The normalized spacial score (nSPS) is 11.0. The molecule has 0 fully saturated rings. The van der Waals surface area contributed by atoms with Crippen LogP contribution >= 0.6 is 0 Å². The molecule has 0 aromatic carbocycles. The standard InChI is InChI=1S/C17H25N5O3/c1-7-13-15(11(4)25-20-13)18-16(23)17(24)21(5)8-12-9-22(6)19-14(12)10(2)3/h9-10H,7-8H2,1-6H3,(H,18,23). The van der Waals surface area contributed by atoms with Gasteiger partial charge in [-0.2, -0.15) is 5.10 Å². The number of nitrogens with zero attached hydrogens (tertiary/aromatic N) is 4. The van der Waals surface area contributed by atoms with Crippen molar-refractivity contribution in [2.75, 3.05) is 12.4 Å². The van der Waals surface area contributed by atoms with Gasteiger partial charge in [-0.3, -0.25) is 14.3 Å². The number of aryl methyl sites for hydroxylation is 3. The van der Waals surface area contributed by atoms with E-state index in [2.05, 4.69) is 15.6 Å². The van der Waals surface area contributed by atoms with Crippen molar-refractivity contribution in [1.82, 2.24) is 19.8 Å². The van der Waals surface area contributed by atoms with E-state index >= 15 is 0 Å². The number of aromatic nitrogens is 3. The second-order valence-electron chi connectivity index (χ2n) is 6.40. The van der Waals surface area contributed by atoms with Crippen LogP contribution in [0.4, 0.5) is 5.69 Å². The van der Waals surface area contributed by atoms with Crippen molar-refractivity contribution in [2.45, 2.75) is 46.6 Å². The summed E-state index contributed by atoms with van der Waals surface area (Å²) in [7, 11) is 3.44. The molecule has 8 heteroatoms. The van der Waals surface area contributed by atoms with Gasteiger partial charge in [0.15, 0.2) is 5.76 Å².